The van der Waals surface area contributed by atoms with Crippen LogP contribution in [0.2, 0.25) is 0 Å². The number of nitrogens with zero attached hydrogens (tertiary/aromatic N) is 2. The second-order valence-electron chi connectivity index (χ2n) is 6.08. The van der Waals surface area contributed by atoms with Gasteiger partial charge in [0, 0.05) is 6.54 Å². The third kappa shape index (κ3) is 3.39. The van der Waals surface area contributed by atoms with E-state index in [9.17, 15) is 0 Å². The van der Waals surface area contributed by atoms with E-state index in [0.29, 0.717) is 0 Å². The van der Waals surface area contributed by atoms with Crippen molar-refractivity contribution in [1.82, 2.24) is 9.55 Å². The lowest BCUT2D eigenvalue weighted by molar-refractivity contribution is 0.299. The van der Waals surface area contributed by atoms with Crippen molar-refractivity contribution in [3.8, 4) is 5.75 Å². The lowest BCUT2D eigenvalue weighted by Gasteiger charge is -2.12. The third-order valence-electron chi connectivity index (χ3n) is 4.28. The first-order valence-electron chi connectivity index (χ1n) is 8.27. The molecule has 1 heterocycles. The zero-order chi connectivity index (χ0) is 16.2. The average Bonchev–Trinajstić information content (AvgIpc) is 2.85. The molecule has 0 atom stereocenters. The van der Waals surface area contributed by atoms with Gasteiger partial charge in [0.1, 0.15) is 11.6 Å². The van der Waals surface area contributed by atoms with Crippen LogP contribution in [0.3, 0.4) is 0 Å². The summed E-state index contributed by atoms with van der Waals surface area (Å²) >= 11 is 0. The maximum atomic E-state index is 5.98. The van der Waals surface area contributed by atoms with Crippen molar-refractivity contribution in [2.45, 2.75) is 40.2 Å². The monoisotopic (exact) mass is 308 g/mol. The van der Waals surface area contributed by atoms with Gasteiger partial charge in [0.25, 0.3) is 0 Å². The largest absolute Gasteiger partial charge is 0.493 e. The fourth-order valence-electron chi connectivity index (χ4n) is 3.05. The maximum Gasteiger partial charge on any atom is 0.125 e. The number of unbranched alkanes of at least 4 members (excludes halogenated alkanes) is 1. The van der Waals surface area contributed by atoms with E-state index in [0.717, 1.165) is 43.1 Å². The molecule has 0 saturated carbocycles. The summed E-state index contributed by atoms with van der Waals surface area (Å²) in [4.78, 5) is 4.61. The van der Waals surface area contributed by atoms with Crippen LogP contribution < -0.4 is 4.74 Å². The van der Waals surface area contributed by atoms with Crippen LogP contribution in [0.4, 0.5) is 0 Å². The Morgan fingerprint density at radius 2 is 1.65 bits per heavy atom. The number of rotatable bonds is 6. The van der Waals surface area contributed by atoms with Crippen molar-refractivity contribution >= 4 is 11.0 Å². The quantitative estimate of drug-likeness (QED) is 0.610. The van der Waals surface area contributed by atoms with Gasteiger partial charge in [0.05, 0.1) is 17.6 Å². The molecular weight excluding hydrogens is 284 g/mol. The lowest BCUT2D eigenvalue weighted by atomic mass is 10.1. The fourth-order valence-corrected chi connectivity index (χ4v) is 3.05. The van der Waals surface area contributed by atoms with Crippen molar-refractivity contribution in [1.29, 1.82) is 0 Å². The van der Waals surface area contributed by atoms with Gasteiger partial charge in [-0.2, -0.15) is 0 Å². The van der Waals surface area contributed by atoms with Gasteiger partial charge in [0.15, 0.2) is 0 Å². The highest BCUT2D eigenvalue weighted by molar-refractivity contribution is 5.75. The van der Waals surface area contributed by atoms with Crippen LogP contribution in [0.15, 0.2) is 42.5 Å². The number of ether oxygens (including phenoxy) is 1. The average molecular weight is 308 g/mol. The van der Waals surface area contributed by atoms with Crippen LogP contribution >= 0.6 is 0 Å². The summed E-state index contributed by atoms with van der Waals surface area (Å²) in [7, 11) is 0. The van der Waals surface area contributed by atoms with Crippen LogP contribution in [0.1, 0.15) is 29.8 Å². The Morgan fingerprint density at radius 1 is 0.913 bits per heavy atom. The SMILES string of the molecule is Cc1cccc(C)c1OCCCCn1c(C)nc2ccccc21. The Morgan fingerprint density at radius 3 is 2.43 bits per heavy atom. The molecule has 0 aliphatic rings. The van der Waals surface area contributed by atoms with Gasteiger partial charge in [-0.1, -0.05) is 30.3 Å². The number of aromatic nitrogens is 2. The van der Waals surface area contributed by atoms with E-state index in [1.54, 1.807) is 0 Å². The molecule has 1 aromatic heterocycles. The molecule has 0 amide bonds. The highest BCUT2D eigenvalue weighted by Gasteiger charge is 2.06. The van der Waals surface area contributed by atoms with Crippen molar-refractivity contribution in [3.05, 3.63) is 59.4 Å². The maximum absolute atomic E-state index is 5.98. The number of aryl methyl sites for hydroxylation is 4. The topological polar surface area (TPSA) is 27.1 Å². The molecule has 0 spiro atoms. The highest BCUT2D eigenvalue weighted by Crippen LogP contribution is 2.22. The van der Waals surface area contributed by atoms with Crippen molar-refractivity contribution in [3.63, 3.8) is 0 Å². The number of para-hydroxylation sites is 3. The van der Waals surface area contributed by atoms with Gasteiger partial charge in [0.2, 0.25) is 0 Å². The molecule has 3 rings (SSSR count). The Bertz CT molecular complexity index is 784. The predicted molar refractivity (Wildman–Crippen MR) is 95.1 cm³/mol. The smallest absolute Gasteiger partial charge is 0.125 e. The van der Waals surface area contributed by atoms with E-state index in [4.69, 9.17) is 4.74 Å². The Labute approximate surface area is 137 Å². The first-order valence-corrected chi connectivity index (χ1v) is 8.27. The second kappa shape index (κ2) is 6.86. The molecule has 0 N–H and O–H groups in total. The third-order valence-corrected chi connectivity index (χ3v) is 4.28. The number of hydrogen-bond donors (Lipinski definition) is 0. The van der Waals surface area contributed by atoms with E-state index in [1.807, 2.05) is 6.07 Å². The summed E-state index contributed by atoms with van der Waals surface area (Å²) in [6.07, 6.45) is 2.13. The van der Waals surface area contributed by atoms with Crippen LogP contribution in [-0.2, 0) is 6.54 Å². The molecule has 3 aromatic rings. The lowest BCUT2D eigenvalue weighted by Crippen LogP contribution is -2.05. The van der Waals surface area contributed by atoms with Gasteiger partial charge < -0.3 is 9.30 Å². The van der Waals surface area contributed by atoms with E-state index in [2.05, 4.69) is 66.7 Å². The summed E-state index contributed by atoms with van der Waals surface area (Å²) < 4.78 is 8.28. The van der Waals surface area contributed by atoms with Gasteiger partial charge in [-0.05, 0) is 56.9 Å². The van der Waals surface area contributed by atoms with Gasteiger partial charge in [-0.25, -0.2) is 4.98 Å². The van der Waals surface area contributed by atoms with Gasteiger partial charge in [-0.15, -0.1) is 0 Å². The van der Waals surface area contributed by atoms with Crippen molar-refractivity contribution in [2.24, 2.45) is 0 Å². The molecule has 0 radical (unpaired) electrons. The van der Waals surface area contributed by atoms with Crippen molar-refractivity contribution in [2.75, 3.05) is 6.61 Å². The van der Waals surface area contributed by atoms with Crippen LogP contribution in [0, 0.1) is 20.8 Å². The molecule has 0 aliphatic heterocycles. The zero-order valence-electron chi connectivity index (χ0n) is 14.2. The summed E-state index contributed by atoms with van der Waals surface area (Å²) in [6, 6.07) is 14.6. The number of fused-ring (bicyclic) bond motifs is 1. The normalized spacial score (nSPS) is 11.1. The van der Waals surface area contributed by atoms with Crippen LogP contribution in [0.25, 0.3) is 11.0 Å². The second-order valence-corrected chi connectivity index (χ2v) is 6.08. The predicted octanol–water partition coefficient (Wildman–Crippen LogP) is 4.82. The molecule has 0 saturated heterocycles. The van der Waals surface area contributed by atoms with Gasteiger partial charge >= 0.3 is 0 Å². The first-order chi connectivity index (χ1) is 11.2. The molecule has 0 aliphatic carbocycles. The van der Waals surface area contributed by atoms with E-state index >= 15 is 0 Å². The van der Waals surface area contributed by atoms with E-state index < -0.39 is 0 Å². The zero-order valence-corrected chi connectivity index (χ0v) is 14.2. The Balaban J connectivity index is 1.55. The van der Waals surface area contributed by atoms with Crippen molar-refractivity contribution < 1.29 is 4.74 Å². The summed E-state index contributed by atoms with van der Waals surface area (Å²) in [5.74, 6) is 2.12. The molecule has 120 valence electrons. The van der Waals surface area contributed by atoms with E-state index in [-0.39, 0.29) is 0 Å². The Hall–Kier alpha value is -2.29. The Kier molecular flexibility index (Phi) is 4.65. The number of benzene rings is 2. The fraction of sp³-hybridized carbons (Fsp3) is 0.350. The highest BCUT2D eigenvalue weighted by atomic mass is 16.5. The minimum absolute atomic E-state index is 0.761. The molecular formula is C20H24N2O. The summed E-state index contributed by atoms with van der Waals surface area (Å²) in [5, 5.41) is 0. The van der Waals surface area contributed by atoms with E-state index in [1.165, 1.54) is 16.6 Å². The molecule has 3 nitrogen and oxygen atoms in total. The standard InChI is InChI=1S/C20H24N2O/c1-15-9-8-10-16(2)20(15)23-14-7-6-13-22-17(3)21-18-11-4-5-12-19(18)22/h4-5,8-12H,6-7,13-14H2,1-3H3. The molecule has 3 heteroatoms. The van der Waals surface area contributed by atoms with Crippen LogP contribution in [-0.4, -0.2) is 16.2 Å². The molecule has 0 unspecified atom stereocenters. The minimum Gasteiger partial charge on any atom is -0.493 e. The summed E-state index contributed by atoms with van der Waals surface area (Å²) in [5.41, 5.74) is 4.72. The number of imidazole rings is 1. The van der Waals surface area contributed by atoms with Crippen LogP contribution in [0.5, 0.6) is 5.75 Å². The number of hydrogen-bond acceptors (Lipinski definition) is 2. The molecule has 2 aromatic carbocycles. The molecule has 23 heavy (non-hydrogen) atoms. The minimum atomic E-state index is 0.761. The summed E-state index contributed by atoms with van der Waals surface area (Å²) in [6.45, 7) is 8.03. The molecule has 0 fully saturated rings. The first kappa shape index (κ1) is 15.6. The van der Waals surface area contributed by atoms with Gasteiger partial charge in [-0.3, -0.25) is 0 Å². The molecule has 0 bridgehead atoms.